The van der Waals surface area contributed by atoms with E-state index in [1.165, 1.54) is 0 Å². The summed E-state index contributed by atoms with van der Waals surface area (Å²) in [6, 6.07) is 5.43. The number of carbonyl (C=O) groups is 1. The van der Waals surface area contributed by atoms with Crippen LogP contribution in [0, 0.1) is 0 Å². The van der Waals surface area contributed by atoms with E-state index in [0.717, 1.165) is 37.9 Å². The summed E-state index contributed by atoms with van der Waals surface area (Å²) in [4.78, 5) is 12.5. The Morgan fingerprint density at radius 1 is 1.30 bits per heavy atom. The molecular weight excluding hydrogens is 337 g/mol. The minimum atomic E-state index is -0.594. The number of hydrogen-bond acceptors (Lipinski definition) is 3. The van der Waals surface area contributed by atoms with E-state index in [9.17, 15) is 4.79 Å². The molecule has 1 aromatic carbocycles. The van der Waals surface area contributed by atoms with Gasteiger partial charge in [-0.05, 0) is 49.8 Å². The molecule has 0 aliphatic carbocycles. The van der Waals surface area contributed by atoms with Crippen LogP contribution in [0.15, 0.2) is 18.2 Å². The van der Waals surface area contributed by atoms with Crippen molar-refractivity contribution >= 4 is 29.1 Å². The van der Waals surface area contributed by atoms with Crippen LogP contribution in [-0.4, -0.2) is 32.0 Å². The molecule has 6 heteroatoms. The average Bonchev–Trinajstić information content (AvgIpc) is 2.93. The first-order valence-corrected chi connectivity index (χ1v) is 8.84. The van der Waals surface area contributed by atoms with Gasteiger partial charge in [0.05, 0.1) is 22.1 Å². The van der Waals surface area contributed by atoms with Gasteiger partial charge in [0.15, 0.2) is 6.29 Å². The van der Waals surface area contributed by atoms with Gasteiger partial charge in [-0.25, -0.2) is 0 Å². The Balaban J connectivity index is 1.72. The minimum Gasteiger partial charge on any atom is -0.355 e. The number of rotatable bonds is 5. The molecule has 4 nitrogen and oxygen atoms in total. The van der Waals surface area contributed by atoms with Crippen LogP contribution in [-0.2, 0) is 19.7 Å². The van der Waals surface area contributed by atoms with Crippen molar-refractivity contribution in [3.8, 4) is 0 Å². The Morgan fingerprint density at radius 3 is 2.83 bits per heavy atom. The highest BCUT2D eigenvalue weighted by molar-refractivity contribution is 6.42. The van der Waals surface area contributed by atoms with E-state index in [1.54, 1.807) is 12.1 Å². The fourth-order valence-electron chi connectivity index (χ4n) is 3.33. The van der Waals surface area contributed by atoms with Crippen LogP contribution >= 0.6 is 23.2 Å². The lowest BCUT2D eigenvalue weighted by molar-refractivity contribution is -0.165. The van der Waals surface area contributed by atoms with E-state index >= 15 is 0 Å². The maximum Gasteiger partial charge on any atom is 0.230 e. The van der Waals surface area contributed by atoms with Gasteiger partial charge >= 0.3 is 0 Å². The fourth-order valence-corrected chi connectivity index (χ4v) is 3.63. The molecule has 0 spiro atoms. The predicted molar refractivity (Wildman–Crippen MR) is 89.9 cm³/mol. The zero-order chi connectivity index (χ0) is 16.3. The highest BCUT2D eigenvalue weighted by atomic mass is 35.5. The van der Waals surface area contributed by atoms with Crippen molar-refractivity contribution in [3.63, 3.8) is 0 Å². The normalized spacial score (nSPS) is 27.9. The summed E-state index contributed by atoms with van der Waals surface area (Å²) in [5.41, 5.74) is 0.304. The zero-order valence-electron chi connectivity index (χ0n) is 12.9. The van der Waals surface area contributed by atoms with Gasteiger partial charge in [-0.1, -0.05) is 29.3 Å². The van der Waals surface area contributed by atoms with Crippen LogP contribution in [0.5, 0.6) is 0 Å². The van der Waals surface area contributed by atoms with Crippen LogP contribution in [0.25, 0.3) is 0 Å². The van der Waals surface area contributed by atoms with Gasteiger partial charge in [-0.2, -0.15) is 0 Å². The van der Waals surface area contributed by atoms with Crippen LogP contribution < -0.4 is 5.32 Å². The summed E-state index contributed by atoms with van der Waals surface area (Å²) in [6.07, 6.45) is 4.35. The SMILES string of the molecule is O=C1NCCC1(CCOC1CCCCO1)c1ccc(Cl)c(Cl)c1. The lowest BCUT2D eigenvalue weighted by atomic mass is 9.76. The number of ether oxygens (including phenoxy) is 2. The van der Waals surface area contributed by atoms with Crippen molar-refractivity contribution in [2.45, 2.75) is 43.8 Å². The first-order valence-electron chi connectivity index (χ1n) is 8.09. The van der Waals surface area contributed by atoms with Gasteiger partial charge in [-0.15, -0.1) is 0 Å². The van der Waals surface area contributed by atoms with E-state index < -0.39 is 5.41 Å². The first kappa shape index (κ1) is 17.0. The van der Waals surface area contributed by atoms with Gasteiger partial charge in [0.25, 0.3) is 0 Å². The minimum absolute atomic E-state index is 0.0315. The van der Waals surface area contributed by atoms with Crippen molar-refractivity contribution in [3.05, 3.63) is 33.8 Å². The van der Waals surface area contributed by atoms with Gasteiger partial charge in [-0.3, -0.25) is 4.79 Å². The van der Waals surface area contributed by atoms with E-state index in [4.69, 9.17) is 32.7 Å². The molecule has 0 aromatic heterocycles. The quantitative estimate of drug-likeness (QED) is 0.874. The van der Waals surface area contributed by atoms with Gasteiger partial charge in [0.1, 0.15) is 0 Å². The molecule has 1 N–H and O–H groups in total. The van der Waals surface area contributed by atoms with Crippen molar-refractivity contribution < 1.29 is 14.3 Å². The standard InChI is InChI=1S/C17H21Cl2NO3/c18-13-5-4-12(11-14(13)19)17(6-8-20-16(17)21)7-10-23-15-3-1-2-9-22-15/h4-5,11,15H,1-3,6-10H2,(H,20,21). The molecule has 0 radical (unpaired) electrons. The summed E-state index contributed by atoms with van der Waals surface area (Å²) in [5, 5.41) is 3.90. The van der Waals surface area contributed by atoms with Crippen LogP contribution in [0.4, 0.5) is 0 Å². The first-order chi connectivity index (χ1) is 11.1. The maximum absolute atomic E-state index is 12.5. The molecule has 0 saturated carbocycles. The van der Waals surface area contributed by atoms with E-state index in [-0.39, 0.29) is 12.2 Å². The monoisotopic (exact) mass is 357 g/mol. The number of carbonyl (C=O) groups excluding carboxylic acids is 1. The van der Waals surface area contributed by atoms with Gasteiger partial charge in [0, 0.05) is 13.2 Å². The van der Waals surface area contributed by atoms with Crippen molar-refractivity contribution in [1.29, 1.82) is 0 Å². The molecule has 2 aliphatic heterocycles. The topological polar surface area (TPSA) is 47.6 Å². The molecule has 1 aromatic rings. The Labute approximate surface area is 146 Å². The Bertz CT molecular complexity index is 575. The molecule has 2 heterocycles. The Morgan fingerprint density at radius 2 is 2.17 bits per heavy atom. The second-order valence-electron chi connectivity index (χ2n) is 6.13. The molecule has 2 saturated heterocycles. The largest absolute Gasteiger partial charge is 0.355 e. The third-order valence-electron chi connectivity index (χ3n) is 4.71. The molecule has 2 fully saturated rings. The van der Waals surface area contributed by atoms with Crippen molar-refractivity contribution in [2.24, 2.45) is 0 Å². The number of amides is 1. The van der Waals surface area contributed by atoms with Crippen molar-refractivity contribution in [2.75, 3.05) is 19.8 Å². The van der Waals surface area contributed by atoms with E-state index in [1.807, 2.05) is 6.07 Å². The third kappa shape index (κ3) is 3.66. The van der Waals surface area contributed by atoms with E-state index in [2.05, 4.69) is 5.32 Å². The van der Waals surface area contributed by atoms with Crippen LogP contribution in [0.2, 0.25) is 10.0 Å². The predicted octanol–water partition coefficient (Wildman–Crippen LogP) is 3.68. The smallest absolute Gasteiger partial charge is 0.230 e. The molecule has 2 aliphatic rings. The molecule has 0 bridgehead atoms. The molecule has 126 valence electrons. The third-order valence-corrected chi connectivity index (χ3v) is 5.45. The molecule has 2 atom stereocenters. The Kier molecular flexibility index (Phi) is 5.47. The maximum atomic E-state index is 12.5. The van der Waals surface area contributed by atoms with Crippen molar-refractivity contribution in [1.82, 2.24) is 5.32 Å². The lowest BCUT2D eigenvalue weighted by Gasteiger charge is -2.29. The molecule has 23 heavy (non-hydrogen) atoms. The zero-order valence-corrected chi connectivity index (χ0v) is 14.5. The van der Waals surface area contributed by atoms with Gasteiger partial charge in [0.2, 0.25) is 5.91 Å². The number of hydrogen-bond donors (Lipinski definition) is 1. The Hall–Kier alpha value is -0.810. The second-order valence-corrected chi connectivity index (χ2v) is 6.95. The van der Waals surface area contributed by atoms with Crippen LogP contribution in [0.3, 0.4) is 0 Å². The summed E-state index contributed by atoms with van der Waals surface area (Å²) in [6.45, 7) is 1.90. The van der Waals surface area contributed by atoms with Crippen LogP contribution in [0.1, 0.15) is 37.7 Å². The number of nitrogens with one attached hydrogen (secondary N) is 1. The summed E-state index contributed by atoms with van der Waals surface area (Å²) < 4.78 is 11.4. The highest BCUT2D eigenvalue weighted by Crippen LogP contribution is 2.38. The molecular formula is C17H21Cl2NO3. The number of benzene rings is 1. The summed E-state index contributed by atoms with van der Waals surface area (Å²) in [7, 11) is 0. The fraction of sp³-hybridized carbons (Fsp3) is 0.588. The summed E-state index contributed by atoms with van der Waals surface area (Å²) >= 11 is 12.1. The van der Waals surface area contributed by atoms with E-state index in [0.29, 0.717) is 29.6 Å². The molecule has 2 unspecified atom stereocenters. The van der Waals surface area contributed by atoms with Gasteiger partial charge < -0.3 is 14.8 Å². The second kappa shape index (κ2) is 7.39. The number of halogens is 2. The summed E-state index contributed by atoms with van der Waals surface area (Å²) in [5.74, 6) is 0.0315. The highest BCUT2D eigenvalue weighted by Gasteiger charge is 2.43. The molecule has 1 amide bonds. The lowest BCUT2D eigenvalue weighted by Crippen LogP contribution is -2.37. The average molecular weight is 358 g/mol. The molecule has 3 rings (SSSR count).